The van der Waals surface area contributed by atoms with E-state index in [1.165, 1.54) is 25.0 Å². The average Bonchev–Trinajstić information content (AvgIpc) is 2.98. The van der Waals surface area contributed by atoms with Crippen LogP contribution in [0.25, 0.3) is 0 Å². The van der Waals surface area contributed by atoms with Crippen LogP contribution >= 0.6 is 11.8 Å². The van der Waals surface area contributed by atoms with E-state index in [4.69, 9.17) is 11.5 Å². The van der Waals surface area contributed by atoms with Gasteiger partial charge in [0.05, 0.1) is 6.20 Å². The Morgan fingerprint density at radius 2 is 1.93 bits per heavy atom. The van der Waals surface area contributed by atoms with E-state index in [-0.39, 0.29) is 27.2 Å². The lowest BCUT2D eigenvalue weighted by Crippen LogP contribution is -2.48. The Balaban J connectivity index is 1.48. The highest BCUT2D eigenvalue weighted by molar-refractivity contribution is 7.99. The minimum absolute atomic E-state index is 0.0528. The van der Waals surface area contributed by atoms with Crippen LogP contribution in [0.3, 0.4) is 0 Å². The van der Waals surface area contributed by atoms with Crippen LogP contribution in [0, 0.1) is 11.3 Å². The molecule has 4 rings (SSSR count). The number of anilines is 2. The molecular formula is C20H25F3N6S. The van der Waals surface area contributed by atoms with Crippen molar-refractivity contribution in [1.82, 2.24) is 15.0 Å². The molecule has 1 saturated carbocycles. The average molecular weight is 439 g/mol. The van der Waals surface area contributed by atoms with Gasteiger partial charge in [-0.05, 0) is 49.1 Å². The third kappa shape index (κ3) is 3.94. The number of aromatic nitrogens is 3. The molecular weight excluding hydrogens is 413 g/mol. The minimum atomic E-state index is -4.55. The summed E-state index contributed by atoms with van der Waals surface area (Å²) in [6.45, 7) is 3.87. The van der Waals surface area contributed by atoms with Crippen molar-refractivity contribution in [1.29, 1.82) is 0 Å². The van der Waals surface area contributed by atoms with Crippen molar-refractivity contribution >= 4 is 23.4 Å². The van der Waals surface area contributed by atoms with Gasteiger partial charge in [0.2, 0.25) is 0 Å². The largest absolute Gasteiger partial charge is 0.434 e. The number of nitrogens with zero attached hydrogens (tertiary/aromatic N) is 4. The molecule has 3 heterocycles. The summed E-state index contributed by atoms with van der Waals surface area (Å²) in [4.78, 5) is 14.3. The van der Waals surface area contributed by atoms with Crippen LogP contribution in [0.2, 0.25) is 0 Å². The van der Waals surface area contributed by atoms with E-state index in [0.29, 0.717) is 11.7 Å². The van der Waals surface area contributed by atoms with E-state index in [1.807, 2.05) is 0 Å². The predicted octanol–water partition coefficient (Wildman–Crippen LogP) is 3.97. The highest BCUT2D eigenvalue weighted by atomic mass is 32.2. The van der Waals surface area contributed by atoms with Crippen LogP contribution in [0.4, 0.5) is 24.8 Å². The summed E-state index contributed by atoms with van der Waals surface area (Å²) >= 11 is 0.823. The van der Waals surface area contributed by atoms with E-state index in [2.05, 4.69) is 26.8 Å². The van der Waals surface area contributed by atoms with Crippen molar-refractivity contribution in [2.24, 2.45) is 17.1 Å². The van der Waals surface area contributed by atoms with E-state index >= 15 is 0 Å². The zero-order chi connectivity index (χ0) is 21.5. The summed E-state index contributed by atoms with van der Waals surface area (Å²) < 4.78 is 39.5. The Morgan fingerprint density at radius 3 is 2.53 bits per heavy atom. The fraction of sp³-hybridized carbons (Fsp3) is 0.550. The molecule has 6 nitrogen and oxygen atoms in total. The number of rotatable bonds is 3. The molecule has 1 saturated heterocycles. The maximum absolute atomic E-state index is 13.2. The van der Waals surface area contributed by atoms with Crippen molar-refractivity contribution in [3.8, 4) is 0 Å². The first-order chi connectivity index (χ1) is 14.2. The molecule has 0 unspecified atom stereocenters. The van der Waals surface area contributed by atoms with Crippen molar-refractivity contribution in [3.05, 3.63) is 30.2 Å². The van der Waals surface area contributed by atoms with Crippen LogP contribution in [-0.4, -0.2) is 34.1 Å². The second kappa shape index (κ2) is 7.88. The second-order valence-corrected chi connectivity index (χ2v) is 9.29. The van der Waals surface area contributed by atoms with Crippen LogP contribution < -0.4 is 16.4 Å². The smallest absolute Gasteiger partial charge is 0.381 e. The van der Waals surface area contributed by atoms with E-state index in [9.17, 15) is 13.2 Å². The quantitative estimate of drug-likeness (QED) is 0.749. The van der Waals surface area contributed by atoms with Gasteiger partial charge in [-0.1, -0.05) is 18.7 Å². The van der Waals surface area contributed by atoms with Gasteiger partial charge < -0.3 is 16.4 Å². The van der Waals surface area contributed by atoms with E-state index in [0.717, 1.165) is 43.9 Å². The van der Waals surface area contributed by atoms with Crippen LogP contribution in [0.1, 0.15) is 38.3 Å². The van der Waals surface area contributed by atoms with E-state index < -0.39 is 11.9 Å². The van der Waals surface area contributed by atoms with Gasteiger partial charge in [-0.25, -0.2) is 9.97 Å². The Morgan fingerprint density at radius 1 is 1.20 bits per heavy atom. The summed E-state index contributed by atoms with van der Waals surface area (Å²) in [7, 11) is 0. The number of alkyl halides is 3. The summed E-state index contributed by atoms with van der Waals surface area (Å²) in [5, 5.41) is 0.234. The number of piperidine rings is 1. The predicted molar refractivity (Wildman–Crippen MR) is 110 cm³/mol. The van der Waals surface area contributed by atoms with Gasteiger partial charge in [-0.2, -0.15) is 13.2 Å². The molecule has 1 aliphatic carbocycles. The molecule has 10 heteroatoms. The summed E-state index contributed by atoms with van der Waals surface area (Å²) in [6, 6.07) is 3.04. The molecule has 4 N–H and O–H groups in total. The van der Waals surface area contributed by atoms with Gasteiger partial charge >= 0.3 is 6.18 Å². The highest BCUT2D eigenvalue weighted by Crippen LogP contribution is 2.48. The number of nitrogens with two attached hydrogens (primary N) is 2. The maximum Gasteiger partial charge on any atom is 0.434 e. The molecule has 1 aliphatic heterocycles. The first kappa shape index (κ1) is 21.2. The molecule has 1 spiro atoms. The topological polar surface area (TPSA) is 94.0 Å². The molecule has 2 atom stereocenters. The SMILES string of the molecule is C[C@H]1CCC2(CCN(c3cnc(Sc4cccnc4C(F)(F)F)c(N)n3)CC2)[C@H]1N. The number of pyridine rings is 1. The molecule has 0 amide bonds. The molecule has 2 aromatic heterocycles. The first-order valence-corrected chi connectivity index (χ1v) is 10.8. The lowest BCUT2D eigenvalue weighted by Gasteiger charge is -2.43. The number of nitrogen functional groups attached to an aromatic ring is 1. The molecule has 2 aromatic rings. The Hall–Kier alpha value is -2.07. The lowest BCUT2D eigenvalue weighted by molar-refractivity contribution is -0.143. The van der Waals surface area contributed by atoms with Crippen molar-refractivity contribution in [3.63, 3.8) is 0 Å². The summed E-state index contributed by atoms with van der Waals surface area (Å²) in [6.07, 6.45) is 2.49. The third-order valence-corrected chi connectivity index (χ3v) is 7.56. The zero-order valence-electron chi connectivity index (χ0n) is 16.7. The van der Waals surface area contributed by atoms with Crippen molar-refractivity contribution in [2.75, 3.05) is 23.7 Å². The highest BCUT2D eigenvalue weighted by Gasteiger charge is 2.46. The van der Waals surface area contributed by atoms with Gasteiger partial charge in [-0.15, -0.1) is 0 Å². The molecule has 30 heavy (non-hydrogen) atoms. The molecule has 0 aromatic carbocycles. The first-order valence-electron chi connectivity index (χ1n) is 10.0. The summed E-state index contributed by atoms with van der Waals surface area (Å²) in [5.41, 5.74) is 11.8. The normalized spacial score (nSPS) is 23.8. The second-order valence-electron chi connectivity index (χ2n) is 8.26. The third-order valence-electron chi connectivity index (χ3n) is 6.50. The monoisotopic (exact) mass is 438 g/mol. The Bertz CT molecular complexity index is 914. The number of hydrogen-bond donors (Lipinski definition) is 2. The van der Waals surface area contributed by atoms with Crippen molar-refractivity contribution in [2.45, 2.75) is 54.7 Å². The minimum Gasteiger partial charge on any atom is -0.381 e. The van der Waals surface area contributed by atoms with Gasteiger partial charge in [0.1, 0.15) is 10.8 Å². The van der Waals surface area contributed by atoms with Crippen LogP contribution in [-0.2, 0) is 6.18 Å². The van der Waals surface area contributed by atoms with Gasteiger partial charge in [0.15, 0.2) is 11.5 Å². The molecule has 0 radical (unpaired) electrons. The van der Waals surface area contributed by atoms with Crippen molar-refractivity contribution < 1.29 is 13.2 Å². The standard InChI is InChI=1S/C20H25F3N6S/c1-12-4-5-19(15(12)24)6-9-29(10-7-19)14-11-27-18(17(25)28-14)30-13-3-2-8-26-16(13)20(21,22)23/h2-3,8,11-12,15H,4-7,9-10,24H2,1H3,(H2,25,28)/t12-,15-/m0/s1. The fourth-order valence-electron chi connectivity index (χ4n) is 4.63. The molecule has 0 bridgehead atoms. The Kier molecular flexibility index (Phi) is 5.56. The van der Waals surface area contributed by atoms with Crippen LogP contribution in [0.5, 0.6) is 0 Å². The zero-order valence-corrected chi connectivity index (χ0v) is 17.5. The number of halogens is 3. The van der Waals surface area contributed by atoms with Gasteiger partial charge in [0.25, 0.3) is 0 Å². The molecule has 2 aliphatic rings. The summed E-state index contributed by atoms with van der Waals surface area (Å²) in [5.74, 6) is 1.31. The number of hydrogen-bond acceptors (Lipinski definition) is 7. The van der Waals surface area contributed by atoms with Gasteiger partial charge in [0, 0.05) is 30.2 Å². The van der Waals surface area contributed by atoms with E-state index in [1.54, 1.807) is 6.20 Å². The molecule has 162 valence electrons. The Labute approximate surface area is 177 Å². The fourth-order valence-corrected chi connectivity index (χ4v) is 5.51. The molecule has 2 fully saturated rings. The maximum atomic E-state index is 13.2. The van der Waals surface area contributed by atoms with Crippen LogP contribution in [0.15, 0.2) is 34.4 Å². The van der Waals surface area contributed by atoms with Gasteiger partial charge in [-0.3, -0.25) is 4.98 Å². The lowest BCUT2D eigenvalue weighted by atomic mass is 9.73.